The van der Waals surface area contributed by atoms with Crippen molar-refractivity contribution in [3.63, 3.8) is 0 Å². The maximum absolute atomic E-state index is 12.5. The summed E-state index contributed by atoms with van der Waals surface area (Å²) in [5.74, 6) is 1.29. The van der Waals surface area contributed by atoms with Gasteiger partial charge in [0.25, 0.3) is 0 Å². The Morgan fingerprint density at radius 3 is 2.84 bits per heavy atom. The molecule has 1 atom stereocenters. The highest BCUT2D eigenvalue weighted by Gasteiger charge is 2.33. The van der Waals surface area contributed by atoms with E-state index in [1.54, 1.807) is 0 Å². The summed E-state index contributed by atoms with van der Waals surface area (Å²) in [6, 6.07) is 2.36. The van der Waals surface area contributed by atoms with Crippen molar-refractivity contribution in [1.82, 2.24) is 25.4 Å². The third kappa shape index (κ3) is 4.55. The molecular weight excluding hydrogens is 320 g/mol. The molecule has 1 aromatic rings. The molecule has 2 N–H and O–H groups in total. The maximum Gasteiger partial charge on any atom is 0.235 e. The highest BCUT2D eigenvalue weighted by Crippen LogP contribution is 2.26. The van der Waals surface area contributed by atoms with Crippen molar-refractivity contribution >= 4 is 5.91 Å². The van der Waals surface area contributed by atoms with Gasteiger partial charge in [0.05, 0.1) is 19.2 Å². The second kappa shape index (κ2) is 7.93. The van der Waals surface area contributed by atoms with Crippen LogP contribution in [0.2, 0.25) is 0 Å². The van der Waals surface area contributed by atoms with Crippen LogP contribution in [0.1, 0.15) is 56.3 Å². The average molecular weight is 346 g/mol. The third-order valence-electron chi connectivity index (χ3n) is 4.97. The van der Waals surface area contributed by atoms with Crippen LogP contribution in [0.5, 0.6) is 0 Å². The number of aromatic amines is 1. The molecule has 25 heavy (non-hydrogen) atoms. The molecule has 1 aromatic heterocycles. The van der Waals surface area contributed by atoms with E-state index in [-0.39, 0.29) is 18.6 Å². The molecule has 2 fully saturated rings. The van der Waals surface area contributed by atoms with E-state index in [4.69, 9.17) is 4.74 Å². The minimum Gasteiger partial charge on any atom is -0.367 e. The first-order chi connectivity index (χ1) is 12.1. The predicted octanol–water partition coefficient (Wildman–Crippen LogP) is 1.22. The number of morpholine rings is 1. The molecule has 0 unspecified atom stereocenters. The van der Waals surface area contributed by atoms with E-state index in [0.717, 1.165) is 44.3 Å². The molecule has 2 heterocycles. The minimum atomic E-state index is -0.694. The van der Waals surface area contributed by atoms with E-state index in [2.05, 4.69) is 26.6 Å². The molecule has 1 aliphatic carbocycles. The number of nitriles is 1. The molecule has 0 spiro atoms. The van der Waals surface area contributed by atoms with Gasteiger partial charge in [0.1, 0.15) is 17.5 Å². The second-order valence-corrected chi connectivity index (χ2v) is 7.03. The fraction of sp³-hybridized carbons (Fsp3) is 0.765. The van der Waals surface area contributed by atoms with Crippen molar-refractivity contribution in [3.05, 3.63) is 11.6 Å². The van der Waals surface area contributed by atoms with Crippen LogP contribution in [0.25, 0.3) is 0 Å². The van der Waals surface area contributed by atoms with E-state index in [1.165, 1.54) is 0 Å². The number of hydrogen-bond donors (Lipinski definition) is 2. The molecule has 1 aliphatic heterocycles. The molecule has 1 amide bonds. The summed E-state index contributed by atoms with van der Waals surface area (Å²) in [5, 5.41) is 19.6. The van der Waals surface area contributed by atoms with Crippen LogP contribution < -0.4 is 5.32 Å². The quantitative estimate of drug-likeness (QED) is 0.794. The molecule has 0 aromatic carbocycles. The van der Waals surface area contributed by atoms with Crippen molar-refractivity contribution in [3.8, 4) is 6.07 Å². The number of H-pyrrole nitrogens is 1. The van der Waals surface area contributed by atoms with Crippen LogP contribution >= 0.6 is 0 Å². The largest absolute Gasteiger partial charge is 0.367 e. The van der Waals surface area contributed by atoms with Crippen LogP contribution in [-0.4, -0.2) is 57.8 Å². The SMILES string of the molecule is Cc1nc([C@@H]2CN(CC(=O)NC3(C#N)CCCCCC3)CCO2)n[nH]1. The molecule has 136 valence electrons. The third-order valence-corrected chi connectivity index (χ3v) is 4.97. The van der Waals surface area contributed by atoms with Gasteiger partial charge in [-0.3, -0.25) is 14.8 Å². The summed E-state index contributed by atoms with van der Waals surface area (Å²) in [4.78, 5) is 18.9. The molecule has 2 aliphatic rings. The number of hydrogen-bond acceptors (Lipinski definition) is 6. The number of aromatic nitrogens is 3. The maximum atomic E-state index is 12.5. The number of nitrogens with zero attached hydrogens (tertiary/aromatic N) is 4. The van der Waals surface area contributed by atoms with Gasteiger partial charge in [-0.1, -0.05) is 25.7 Å². The van der Waals surface area contributed by atoms with Crippen molar-refractivity contribution in [1.29, 1.82) is 5.26 Å². The van der Waals surface area contributed by atoms with E-state index in [1.807, 2.05) is 11.8 Å². The molecule has 8 nitrogen and oxygen atoms in total. The number of aryl methyl sites for hydroxylation is 1. The Balaban J connectivity index is 1.56. The number of amides is 1. The summed E-state index contributed by atoms with van der Waals surface area (Å²) in [5.41, 5.74) is -0.694. The first-order valence-corrected chi connectivity index (χ1v) is 9.05. The van der Waals surface area contributed by atoms with Crippen molar-refractivity contribution < 1.29 is 9.53 Å². The van der Waals surface area contributed by atoms with Gasteiger partial charge in [0.2, 0.25) is 5.91 Å². The van der Waals surface area contributed by atoms with Crippen LogP contribution in [0.4, 0.5) is 0 Å². The van der Waals surface area contributed by atoms with Crippen LogP contribution in [0, 0.1) is 18.3 Å². The van der Waals surface area contributed by atoms with Gasteiger partial charge in [-0.2, -0.15) is 10.4 Å². The van der Waals surface area contributed by atoms with Gasteiger partial charge in [0.15, 0.2) is 5.82 Å². The number of nitrogens with one attached hydrogen (secondary N) is 2. The summed E-state index contributed by atoms with van der Waals surface area (Å²) in [6.07, 6.45) is 5.54. The fourth-order valence-electron chi connectivity index (χ4n) is 3.61. The Labute approximate surface area is 147 Å². The lowest BCUT2D eigenvalue weighted by Crippen LogP contribution is -2.52. The van der Waals surface area contributed by atoms with Crippen molar-refractivity contribution in [2.75, 3.05) is 26.2 Å². The van der Waals surface area contributed by atoms with E-state index in [0.29, 0.717) is 25.5 Å². The van der Waals surface area contributed by atoms with E-state index in [9.17, 15) is 10.1 Å². The summed E-state index contributed by atoms with van der Waals surface area (Å²) >= 11 is 0. The average Bonchev–Trinajstić information content (AvgIpc) is 2.90. The molecule has 8 heteroatoms. The van der Waals surface area contributed by atoms with Gasteiger partial charge in [-0.05, 0) is 19.8 Å². The Morgan fingerprint density at radius 2 is 2.20 bits per heavy atom. The van der Waals surface area contributed by atoms with Crippen LogP contribution in [0.3, 0.4) is 0 Å². The Morgan fingerprint density at radius 1 is 1.44 bits per heavy atom. The molecule has 0 bridgehead atoms. The van der Waals surface area contributed by atoms with Crippen LogP contribution in [-0.2, 0) is 9.53 Å². The van der Waals surface area contributed by atoms with Gasteiger partial charge in [-0.25, -0.2) is 4.98 Å². The number of carbonyl (C=O) groups is 1. The summed E-state index contributed by atoms with van der Waals surface area (Å²) < 4.78 is 5.73. The number of carbonyl (C=O) groups excluding carboxylic acids is 1. The Kier molecular flexibility index (Phi) is 5.66. The first kappa shape index (κ1) is 17.8. The number of ether oxygens (including phenoxy) is 1. The number of rotatable bonds is 4. The first-order valence-electron chi connectivity index (χ1n) is 9.05. The fourth-order valence-corrected chi connectivity index (χ4v) is 3.61. The highest BCUT2D eigenvalue weighted by molar-refractivity contribution is 5.79. The lowest BCUT2D eigenvalue weighted by Gasteiger charge is -2.32. The lowest BCUT2D eigenvalue weighted by atomic mass is 9.92. The zero-order chi connectivity index (χ0) is 17.7. The van der Waals surface area contributed by atoms with Gasteiger partial charge in [-0.15, -0.1) is 0 Å². The Hall–Kier alpha value is -1.98. The van der Waals surface area contributed by atoms with Gasteiger partial charge in [0, 0.05) is 13.1 Å². The van der Waals surface area contributed by atoms with Crippen LogP contribution in [0.15, 0.2) is 0 Å². The Bertz CT molecular complexity index is 629. The summed E-state index contributed by atoms with van der Waals surface area (Å²) in [6.45, 7) is 3.91. The standard InChI is InChI=1S/C17H26N6O2/c1-13-19-16(22-21-13)14-10-23(8-9-25-14)11-15(24)20-17(12-18)6-4-2-3-5-7-17/h14H,2-11H2,1H3,(H,20,24)(H,19,21,22)/t14-/m0/s1. The molecule has 3 rings (SSSR count). The topological polar surface area (TPSA) is 107 Å². The molecule has 1 saturated carbocycles. The summed E-state index contributed by atoms with van der Waals surface area (Å²) in [7, 11) is 0. The smallest absolute Gasteiger partial charge is 0.235 e. The lowest BCUT2D eigenvalue weighted by molar-refractivity contribution is -0.126. The van der Waals surface area contributed by atoms with E-state index >= 15 is 0 Å². The van der Waals surface area contributed by atoms with E-state index < -0.39 is 5.54 Å². The molecular formula is C17H26N6O2. The normalized spacial score (nSPS) is 24.2. The van der Waals surface area contributed by atoms with Crippen molar-refractivity contribution in [2.24, 2.45) is 0 Å². The van der Waals surface area contributed by atoms with Crippen molar-refractivity contribution in [2.45, 2.75) is 57.1 Å². The zero-order valence-corrected chi connectivity index (χ0v) is 14.8. The minimum absolute atomic E-state index is 0.0877. The molecule has 1 saturated heterocycles. The highest BCUT2D eigenvalue weighted by atomic mass is 16.5. The van der Waals surface area contributed by atoms with Gasteiger partial charge >= 0.3 is 0 Å². The second-order valence-electron chi connectivity index (χ2n) is 7.03. The monoisotopic (exact) mass is 346 g/mol. The molecule has 0 radical (unpaired) electrons. The van der Waals surface area contributed by atoms with Gasteiger partial charge < -0.3 is 10.1 Å². The zero-order valence-electron chi connectivity index (χ0n) is 14.8. The predicted molar refractivity (Wildman–Crippen MR) is 90.4 cm³/mol.